The molecular formula is C7HF13NaO5. The Morgan fingerprint density at radius 1 is 0.654 bits per heavy atom. The molecule has 19 heteroatoms. The zero-order chi connectivity index (χ0) is 20.7. The average molecular weight is 435 g/mol. The number of alkyl halides is 13. The standard InChI is InChI=1S/C7HF13O5.Na/c8-2(1(21)22,3(9,10)11)23-4(12,13)5(14,15)24-7(19,20)25-6(16,17)18;/h(H,21,22);. The first-order chi connectivity index (χ1) is 10.6. The van der Waals surface area contributed by atoms with Crippen molar-refractivity contribution in [1.82, 2.24) is 0 Å². The molecule has 0 bridgehead atoms. The second-order valence-corrected chi connectivity index (χ2v) is 3.65. The minimum absolute atomic E-state index is 0. The molecule has 26 heavy (non-hydrogen) atoms. The van der Waals surface area contributed by atoms with Gasteiger partial charge in [0.25, 0.3) is 0 Å². The van der Waals surface area contributed by atoms with Crippen LogP contribution in [0.2, 0.25) is 0 Å². The van der Waals surface area contributed by atoms with Gasteiger partial charge in [-0.15, -0.1) is 22.0 Å². The molecule has 5 nitrogen and oxygen atoms in total. The first kappa shape index (κ1) is 27.7. The van der Waals surface area contributed by atoms with Crippen LogP contribution in [0.1, 0.15) is 0 Å². The van der Waals surface area contributed by atoms with Gasteiger partial charge in [0.1, 0.15) is 0 Å². The molecule has 0 aliphatic rings. The molecule has 0 rings (SSSR count). The van der Waals surface area contributed by atoms with Gasteiger partial charge in [0.15, 0.2) is 0 Å². The molecule has 0 fully saturated rings. The number of halogens is 13. The first-order valence-corrected chi connectivity index (χ1v) is 4.86. The molecule has 1 radical (unpaired) electrons. The molecule has 151 valence electrons. The van der Waals surface area contributed by atoms with E-state index in [4.69, 9.17) is 5.11 Å². The Labute approximate surface area is 154 Å². The summed E-state index contributed by atoms with van der Waals surface area (Å²) in [7, 11) is 0. The summed E-state index contributed by atoms with van der Waals surface area (Å²) in [5.41, 5.74) is 0. The SMILES string of the molecule is O=C(O)C(F)(OC(F)(F)C(F)(F)OC(F)(F)OC(F)(F)F)C(F)(F)F.[Na]. The average Bonchev–Trinajstić information content (AvgIpc) is 2.20. The van der Waals surface area contributed by atoms with Crippen LogP contribution in [-0.2, 0) is 19.0 Å². The van der Waals surface area contributed by atoms with Crippen molar-refractivity contribution >= 4 is 35.5 Å². The summed E-state index contributed by atoms with van der Waals surface area (Å²) < 4.78 is 164. The van der Waals surface area contributed by atoms with Crippen molar-refractivity contribution in [2.24, 2.45) is 0 Å². The zero-order valence-corrected chi connectivity index (χ0v) is 13.5. The fourth-order valence-electron chi connectivity index (χ4n) is 0.823. The third-order valence-corrected chi connectivity index (χ3v) is 1.73. The Balaban J connectivity index is 0. The van der Waals surface area contributed by atoms with Crippen LogP contribution < -0.4 is 0 Å². The number of ether oxygens (including phenoxy) is 3. The molecule has 0 amide bonds. The van der Waals surface area contributed by atoms with Crippen LogP contribution in [0.25, 0.3) is 0 Å². The van der Waals surface area contributed by atoms with E-state index in [1.165, 1.54) is 0 Å². The summed E-state index contributed by atoms with van der Waals surface area (Å²) in [6.07, 6.45) is -34.3. The quantitative estimate of drug-likeness (QED) is 0.378. The van der Waals surface area contributed by atoms with Crippen LogP contribution in [0, 0.1) is 0 Å². The van der Waals surface area contributed by atoms with Crippen molar-refractivity contribution in [3.63, 3.8) is 0 Å². The topological polar surface area (TPSA) is 65.0 Å². The molecule has 1 N–H and O–H groups in total. The predicted molar refractivity (Wildman–Crippen MR) is 47.4 cm³/mol. The molecule has 0 aromatic heterocycles. The van der Waals surface area contributed by atoms with Gasteiger partial charge in [0, 0.05) is 29.6 Å². The Morgan fingerprint density at radius 3 is 1.27 bits per heavy atom. The molecule has 0 aromatic rings. The molecular weight excluding hydrogens is 434 g/mol. The van der Waals surface area contributed by atoms with E-state index in [9.17, 15) is 61.9 Å². The Morgan fingerprint density at radius 2 is 1.00 bits per heavy atom. The van der Waals surface area contributed by atoms with Gasteiger partial charge >= 0.3 is 42.9 Å². The molecule has 0 aliphatic carbocycles. The molecule has 0 saturated carbocycles. The largest absolute Gasteiger partial charge is 0.529 e. The van der Waals surface area contributed by atoms with Crippen LogP contribution in [0.5, 0.6) is 0 Å². The normalized spacial score (nSPS) is 16.7. The Bertz CT molecular complexity index is 502. The van der Waals surface area contributed by atoms with Crippen LogP contribution in [0.4, 0.5) is 57.1 Å². The summed E-state index contributed by atoms with van der Waals surface area (Å²) in [6, 6.07) is 0. The van der Waals surface area contributed by atoms with Crippen LogP contribution in [-0.4, -0.2) is 77.5 Å². The van der Waals surface area contributed by atoms with E-state index < -0.39 is 42.9 Å². The number of hydrogen-bond acceptors (Lipinski definition) is 4. The van der Waals surface area contributed by atoms with Crippen molar-refractivity contribution in [2.45, 2.75) is 36.9 Å². The predicted octanol–water partition coefficient (Wildman–Crippen LogP) is 3.22. The van der Waals surface area contributed by atoms with Gasteiger partial charge < -0.3 is 5.11 Å². The van der Waals surface area contributed by atoms with Crippen molar-refractivity contribution in [3.8, 4) is 0 Å². The summed E-state index contributed by atoms with van der Waals surface area (Å²) in [5.74, 6) is -10.5. The third kappa shape index (κ3) is 6.87. The Hall–Kier alpha value is -0.560. The van der Waals surface area contributed by atoms with Crippen LogP contribution >= 0.6 is 0 Å². The maximum atomic E-state index is 12.9. The van der Waals surface area contributed by atoms with Gasteiger partial charge in [-0.3, -0.25) is 4.74 Å². The van der Waals surface area contributed by atoms with Crippen LogP contribution in [0.15, 0.2) is 0 Å². The number of hydrogen-bond donors (Lipinski definition) is 1. The van der Waals surface area contributed by atoms with Gasteiger partial charge in [-0.2, -0.15) is 39.9 Å². The third-order valence-electron chi connectivity index (χ3n) is 1.73. The smallest absolute Gasteiger partial charge is 0.477 e. The first-order valence-electron chi connectivity index (χ1n) is 4.86. The number of carboxylic acid groups (broad SMARTS) is 1. The van der Waals surface area contributed by atoms with Crippen LogP contribution in [0.3, 0.4) is 0 Å². The number of aliphatic carboxylic acids is 1. The van der Waals surface area contributed by atoms with E-state index in [2.05, 4.69) is 0 Å². The Kier molecular flexibility index (Phi) is 8.32. The molecule has 0 spiro atoms. The van der Waals surface area contributed by atoms with E-state index in [0.717, 1.165) is 0 Å². The molecule has 1 atom stereocenters. The molecule has 1 unspecified atom stereocenters. The summed E-state index contributed by atoms with van der Waals surface area (Å²) in [5, 5.41) is 7.82. The van der Waals surface area contributed by atoms with Gasteiger partial charge in [-0.25, -0.2) is 9.53 Å². The minimum atomic E-state index is -7.16. The van der Waals surface area contributed by atoms with E-state index in [-0.39, 0.29) is 29.6 Å². The molecule has 0 aliphatic heterocycles. The van der Waals surface area contributed by atoms with Crippen molar-refractivity contribution in [2.75, 3.05) is 0 Å². The van der Waals surface area contributed by atoms with Crippen molar-refractivity contribution in [1.29, 1.82) is 0 Å². The van der Waals surface area contributed by atoms with Gasteiger partial charge in [0.2, 0.25) is 0 Å². The number of carbonyl (C=O) groups is 1. The number of rotatable bonds is 7. The summed E-state index contributed by atoms with van der Waals surface area (Å²) in [4.78, 5) is 9.98. The molecule has 0 saturated heterocycles. The van der Waals surface area contributed by atoms with Gasteiger partial charge in [-0.1, -0.05) is 0 Å². The second-order valence-electron chi connectivity index (χ2n) is 3.65. The summed E-state index contributed by atoms with van der Waals surface area (Å²) in [6.45, 7) is 0. The monoisotopic (exact) mass is 435 g/mol. The summed E-state index contributed by atoms with van der Waals surface area (Å²) >= 11 is 0. The number of carboxylic acids is 1. The van der Waals surface area contributed by atoms with E-state index >= 15 is 0 Å². The van der Waals surface area contributed by atoms with Crippen molar-refractivity contribution in [3.05, 3.63) is 0 Å². The maximum Gasteiger partial charge on any atom is 0.529 e. The zero-order valence-electron chi connectivity index (χ0n) is 11.5. The fraction of sp³-hybridized carbons (Fsp3) is 0.857. The maximum absolute atomic E-state index is 12.9. The second kappa shape index (κ2) is 7.82. The van der Waals surface area contributed by atoms with Crippen molar-refractivity contribution < 1.29 is 81.2 Å². The molecule has 0 heterocycles. The van der Waals surface area contributed by atoms with E-state index in [0.29, 0.717) is 0 Å². The minimum Gasteiger partial charge on any atom is -0.477 e. The van der Waals surface area contributed by atoms with Gasteiger partial charge in [0.05, 0.1) is 0 Å². The molecule has 0 aromatic carbocycles. The van der Waals surface area contributed by atoms with E-state index in [1.54, 1.807) is 14.2 Å². The fourth-order valence-corrected chi connectivity index (χ4v) is 0.823. The van der Waals surface area contributed by atoms with Gasteiger partial charge in [-0.05, 0) is 0 Å². The van der Waals surface area contributed by atoms with E-state index in [1.807, 2.05) is 0 Å².